The maximum Gasteiger partial charge on any atom is 0.315 e. The number of benzene rings is 1. The second-order valence-corrected chi connectivity index (χ2v) is 5.78. The number of hydrogen-bond acceptors (Lipinski definition) is 2. The Morgan fingerprint density at radius 1 is 1.14 bits per heavy atom. The number of carboxylic acids is 1. The first-order chi connectivity index (χ1) is 10.0. The van der Waals surface area contributed by atoms with Gasteiger partial charge in [0.05, 0.1) is 5.92 Å². The molecule has 1 aromatic rings. The first-order valence-corrected chi connectivity index (χ1v) is 7.44. The second kappa shape index (κ2) is 7.31. The van der Waals surface area contributed by atoms with Gasteiger partial charge in [0.25, 0.3) is 0 Å². The summed E-state index contributed by atoms with van der Waals surface area (Å²) in [6.07, 6.45) is 2.67. The van der Waals surface area contributed by atoms with Crippen LogP contribution in [0.4, 0.5) is 4.79 Å². The van der Waals surface area contributed by atoms with Gasteiger partial charge < -0.3 is 15.7 Å². The number of aliphatic carboxylic acids is 1. The minimum atomic E-state index is -0.736. The van der Waals surface area contributed by atoms with Crippen LogP contribution in [0.5, 0.6) is 0 Å². The van der Waals surface area contributed by atoms with Crippen molar-refractivity contribution >= 4 is 23.6 Å². The molecule has 0 aliphatic heterocycles. The summed E-state index contributed by atoms with van der Waals surface area (Å²) in [6.45, 7) is 0.438. The van der Waals surface area contributed by atoms with E-state index in [1.165, 1.54) is 0 Å². The van der Waals surface area contributed by atoms with Gasteiger partial charge in [-0.25, -0.2) is 4.79 Å². The Balaban J connectivity index is 1.70. The van der Waals surface area contributed by atoms with Gasteiger partial charge in [0.2, 0.25) is 0 Å². The van der Waals surface area contributed by atoms with Crippen LogP contribution in [0, 0.1) is 5.92 Å². The maximum absolute atomic E-state index is 11.8. The molecule has 1 aliphatic carbocycles. The molecule has 0 spiro atoms. The molecule has 1 saturated carbocycles. The molecule has 5 nitrogen and oxygen atoms in total. The van der Waals surface area contributed by atoms with Gasteiger partial charge in [0.15, 0.2) is 0 Å². The lowest BCUT2D eigenvalue weighted by Gasteiger charge is -2.26. The van der Waals surface area contributed by atoms with Crippen LogP contribution >= 0.6 is 11.6 Å². The third-order valence-electron chi connectivity index (χ3n) is 3.78. The van der Waals surface area contributed by atoms with Gasteiger partial charge in [0, 0.05) is 17.6 Å². The zero-order valence-electron chi connectivity index (χ0n) is 11.6. The van der Waals surface area contributed by atoms with Crippen LogP contribution in [-0.4, -0.2) is 23.1 Å². The van der Waals surface area contributed by atoms with Crippen LogP contribution in [0.25, 0.3) is 0 Å². The molecule has 0 heterocycles. The number of nitrogens with one attached hydrogen (secondary N) is 2. The molecule has 21 heavy (non-hydrogen) atoms. The average molecular weight is 311 g/mol. The molecular weight excluding hydrogens is 292 g/mol. The number of urea groups is 1. The molecule has 0 radical (unpaired) electrons. The van der Waals surface area contributed by atoms with Crippen LogP contribution in [0.2, 0.25) is 5.02 Å². The fraction of sp³-hybridized carbons (Fsp3) is 0.467. The molecule has 0 atom stereocenters. The first-order valence-electron chi connectivity index (χ1n) is 7.06. The molecule has 0 bridgehead atoms. The van der Waals surface area contributed by atoms with Crippen LogP contribution in [0.15, 0.2) is 24.3 Å². The Bertz CT molecular complexity index is 496. The predicted molar refractivity (Wildman–Crippen MR) is 80.2 cm³/mol. The highest BCUT2D eigenvalue weighted by Gasteiger charge is 2.26. The third kappa shape index (κ3) is 4.93. The summed E-state index contributed by atoms with van der Waals surface area (Å²) in [4.78, 5) is 22.7. The van der Waals surface area contributed by atoms with E-state index in [0.717, 1.165) is 5.56 Å². The number of hydrogen-bond donors (Lipinski definition) is 3. The molecule has 1 fully saturated rings. The van der Waals surface area contributed by atoms with E-state index >= 15 is 0 Å². The highest BCUT2D eigenvalue weighted by atomic mass is 35.5. The summed E-state index contributed by atoms with van der Waals surface area (Å²) in [7, 11) is 0. The van der Waals surface area contributed by atoms with Gasteiger partial charge in [-0.1, -0.05) is 23.7 Å². The van der Waals surface area contributed by atoms with Crippen LogP contribution < -0.4 is 10.6 Å². The highest BCUT2D eigenvalue weighted by molar-refractivity contribution is 6.30. The standard InChI is InChI=1S/C15H19ClN2O3/c16-12-5-1-10(2-6-12)9-17-15(21)18-13-7-3-11(4-8-13)14(19)20/h1-2,5-6,11,13H,3-4,7-9H2,(H,19,20)(H2,17,18,21)/t11-,13+. The van der Waals surface area contributed by atoms with Crippen molar-refractivity contribution in [1.29, 1.82) is 0 Å². The molecule has 0 aromatic heterocycles. The Morgan fingerprint density at radius 3 is 2.33 bits per heavy atom. The summed E-state index contributed by atoms with van der Waals surface area (Å²) in [5.74, 6) is -0.999. The lowest BCUT2D eigenvalue weighted by molar-refractivity contribution is -0.142. The monoisotopic (exact) mass is 310 g/mol. The van der Waals surface area contributed by atoms with Gasteiger partial charge in [-0.05, 0) is 43.4 Å². The number of carbonyl (C=O) groups excluding carboxylic acids is 1. The molecule has 6 heteroatoms. The number of carboxylic acid groups (broad SMARTS) is 1. The fourth-order valence-corrected chi connectivity index (χ4v) is 2.63. The Hall–Kier alpha value is -1.75. The van der Waals surface area contributed by atoms with Crippen molar-refractivity contribution < 1.29 is 14.7 Å². The topological polar surface area (TPSA) is 78.4 Å². The van der Waals surface area contributed by atoms with Crippen molar-refractivity contribution in [3.05, 3.63) is 34.9 Å². The quantitative estimate of drug-likeness (QED) is 0.800. The molecule has 114 valence electrons. The molecule has 1 aromatic carbocycles. The second-order valence-electron chi connectivity index (χ2n) is 5.34. The van der Waals surface area contributed by atoms with E-state index in [0.29, 0.717) is 37.3 Å². The Morgan fingerprint density at radius 2 is 1.76 bits per heavy atom. The molecule has 2 amide bonds. The normalized spacial score (nSPS) is 21.6. The molecule has 0 unspecified atom stereocenters. The van der Waals surface area contributed by atoms with E-state index in [4.69, 9.17) is 16.7 Å². The summed E-state index contributed by atoms with van der Waals surface area (Å²) in [6, 6.07) is 7.13. The third-order valence-corrected chi connectivity index (χ3v) is 4.03. The summed E-state index contributed by atoms with van der Waals surface area (Å²) < 4.78 is 0. The molecular formula is C15H19ClN2O3. The van der Waals surface area contributed by atoms with E-state index in [1.807, 2.05) is 12.1 Å². The fourth-order valence-electron chi connectivity index (χ4n) is 2.51. The van der Waals surface area contributed by atoms with E-state index in [9.17, 15) is 9.59 Å². The van der Waals surface area contributed by atoms with Crippen LogP contribution in [-0.2, 0) is 11.3 Å². The SMILES string of the molecule is O=C(NCc1ccc(Cl)cc1)N[C@H]1CC[C@@H](C(=O)O)CC1. The van der Waals surface area contributed by atoms with Gasteiger partial charge in [0.1, 0.15) is 0 Å². The van der Waals surface area contributed by atoms with Crippen molar-refractivity contribution in [2.75, 3.05) is 0 Å². The van der Waals surface area contributed by atoms with E-state index < -0.39 is 5.97 Å². The minimum absolute atomic E-state index is 0.0609. The summed E-state index contributed by atoms with van der Waals surface area (Å²) in [5.41, 5.74) is 0.976. The van der Waals surface area contributed by atoms with Crippen molar-refractivity contribution in [1.82, 2.24) is 10.6 Å². The van der Waals surface area contributed by atoms with Crippen molar-refractivity contribution in [2.24, 2.45) is 5.92 Å². The summed E-state index contributed by atoms with van der Waals surface area (Å²) in [5, 5.41) is 15.3. The molecule has 0 saturated heterocycles. The smallest absolute Gasteiger partial charge is 0.315 e. The van der Waals surface area contributed by atoms with Crippen LogP contribution in [0.3, 0.4) is 0 Å². The lowest BCUT2D eigenvalue weighted by atomic mass is 9.86. The Labute approximate surface area is 128 Å². The van der Waals surface area contributed by atoms with E-state index in [-0.39, 0.29) is 18.0 Å². The van der Waals surface area contributed by atoms with Crippen LogP contribution in [0.1, 0.15) is 31.2 Å². The zero-order chi connectivity index (χ0) is 15.2. The molecule has 3 N–H and O–H groups in total. The number of amides is 2. The van der Waals surface area contributed by atoms with Gasteiger partial charge in [-0.3, -0.25) is 4.79 Å². The van der Waals surface area contributed by atoms with Gasteiger partial charge in [-0.2, -0.15) is 0 Å². The highest BCUT2D eigenvalue weighted by Crippen LogP contribution is 2.24. The summed E-state index contributed by atoms with van der Waals surface area (Å²) >= 11 is 5.80. The van der Waals surface area contributed by atoms with Gasteiger partial charge >= 0.3 is 12.0 Å². The van der Waals surface area contributed by atoms with E-state index in [1.54, 1.807) is 12.1 Å². The number of rotatable bonds is 4. The van der Waals surface area contributed by atoms with Crippen molar-refractivity contribution in [3.8, 4) is 0 Å². The number of halogens is 1. The lowest BCUT2D eigenvalue weighted by Crippen LogP contribution is -2.43. The van der Waals surface area contributed by atoms with Gasteiger partial charge in [-0.15, -0.1) is 0 Å². The average Bonchev–Trinajstić information content (AvgIpc) is 2.47. The van der Waals surface area contributed by atoms with Crippen molar-refractivity contribution in [3.63, 3.8) is 0 Å². The molecule has 2 rings (SSSR count). The molecule has 1 aliphatic rings. The largest absolute Gasteiger partial charge is 0.481 e. The first kappa shape index (κ1) is 15.6. The number of carbonyl (C=O) groups is 2. The van der Waals surface area contributed by atoms with E-state index in [2.05, 4.69) is 10.6 Å². The minimum Gasteiger partial charge on any atom is -0.481 e. The Kier molecular flexibility index (Phi) is 5.44. The predicted octanol–water partition coefficient (Wildman–Crippen LogP) is 2.78. The van der Waals surface area contributed by atoms with Crippen molar-refractivity contribution in [2.45, 2.75) is 38.3 Å². The maximum atomic E-state index is 11.8. The zero-order valence-corrected chi connectivity index (χ0v) is 12.4.